The number of fused-ring (bicyclic) bond motifs is 1. The molecule has 8 nitrogen and oxygen atoms in total. The largest absolute Gasteiger partial charge is 0.341 e. The van der Waals surface area contributed by atoms with Gasteiger partial charge in [0.25, 0.3) is 0 Å². The minimum Gasteiger partial charge on any atom is -0.341 e. The highest BCUT2D eigenvalue weighted by Gasteiger charge is 2.16. The molecule has 0 saturated carbocycles. The molecule has 24 heavy (non-hydrogen) atoms. The third kappa shape index (κ3) is 2.72. The van der Waals surface area contributed by atoms with E-state index in [1.165, 1.54) is 25.0 Å². The lowest BCUT2D eigenvalue weighted by Gasteiger charge is -2.14. The minimum atomic E-state index is -3.74. The topological polar surface area (TPSA) is 118 Å². The number of rotatable bonds is 3. The van der Waals surface area contributed by atoms with Gasteiger partial charge in [0.1, 0.15) is 5.82 Å². The van der Waals surface area contributed by atoms with Crippen LogP contribution < -0.4 is 10.0 Å². The van der Waals surface area contributed by atoms with Crippen LogP contribution in [0.5, 0.6) is 0 Å². The fourth-order valence-electron chi connectivity index (χ4n) is 2.83. The lowest BCUT2D eigenvalue weighted by Crippen LogP contribution is -2.20. The summed E-state index contributed by atoms with van der Waals surface area (Å²) in [6.07, 6.45) is 5.78. The Morgan fingerprint density at radius 2 is 1.83 bits per heavy atom. The summed E-state index contributed by atoms with van der Waals surface area (Å²) in [5, 5.41) is 5.16. The zero-order chi connectivity index (χ0) is 16.7. The predicted molar refractivity (Wildman–Crippen MR) is 89.9 cm³/mol. The van der Waals surface area contributed by atoms with Crippen LogP contribution in [0.4, 0.5) is 5.95 Å². The average Bonchev–Trinajstić information content (AvgIpc) is 3.23. The van der Waals surface area contributed by atoms with Crippen molar-refractivity contribution >= 4 is 27.0 Å². The Balaban J connectivity index is 1.68. The number of anilines is 1. The van der Waals surface area contributed by atoms with Crippen LogP contribution in [0.15, 0.2) is 35.5 Å². The van der Waals surface area contributed by atoms with Crippen molar-refractivity contribution in [3.05, 3.63) is 30.6 Å². The fraction of sp³-hybridized carbons (Fsp3) is 0.267. The molecule has 0 amide bonds. The van der Waals surface area contributed by atoms with Crippen LogP contribution in [0.25, 0.3) is 22.4 Å². The summed E-state index contributed by atoms with van der Waals surface area (Å²) in [6.45, 7) is 1.97. The number of aromatic nitrogens is 4. The number of benzene rings is 1. The number of nitrogens with zero attached hydrogens (tertiary/aromatic N) is 4. The molecule has 0 aliphatic carbocycles. The van der Waals surface area contributed by atoms with Crippen LogP contribution in [0.2, 0.25) is 0 Å². The first-order valence-corrected chi connectivity index (χ1v) is 9.15. The second kappa shape index (κ2) is 5.53. The molecule has 1 aromatic carbocycles. The van der Waals surface area contributed by atoms with Crippen LogP contribution >= 0.6 is 0 Å². The number of hydrogen-bond donors (Lipinski definition) is 2. The molecular formula is C15H16N6O2S. The Hall–Kier alpha value is -2.52. The molecule has 1 fully saturated rings. The number of primary sulfonamides is 1. The number of H-pyrrole nitrogens is 1. The van der Waals surface area contributed by atoms with Crippen LogP contribution in [0, 0.1) is 0 Å². The maximum atomic E-state index is 11.4. The van der Waals surface area contributed by atoms with Crippen molar-refractivity contribution in [1.82, 2.24) is 19.9 Å². The molecule has 0 radical (unpaired) electrons. The summed E-state index contributed by atoms with van der Waals surface area (Å²) >= 11 is 0. The second-order valence-corrected chi connectivity index (χ2v) is 7.34. The van der Waals surface area contributed by atoms with Crippen molar-refractivity contribution in [2.24, 2.45) is 5.14 Å². The van der Waals surface area contributed by atoms with E-state index >= 15 is 0 Å². The molecule has 0 unspecified atom stereocenters. The van der Waals surface area contributed by atoms with E-state index in [9.17, 15) is 8.42 Å². The van der Waals surface area contributed by atoms with Gasteiger partial charge in [-0.05, 0) is 31.0 Å². The normalized spacial score (nSPS) is 15.3. The Kier molecular flexibility index (Phi) is 3.47. The lowest BCUT2D eigenvalue weighted by molar-refractivity contribution is 0.598. The summed E-state index contributed by atoms with van der Waals surface area (Å²) in [5.74, 6) is 1.31. The predicted octanol–water partition coefficient (Wildman–Crippen LogP) is 1.27. The van der Waals surface area contributed by atoms with Crippen LogP contribution in [-0.4, -0.2) is 41.4 Å². The van der Waals surface area contributed by atoms with Gasteiger partial charge >= 0.3 is 0 Å². The van der Waals surface area contributed by atoms with Crippen molar-refractivity contribution < 1.29 is 8.42 Å². The molecule has 1 aliphatic rings. The molecule has 1 aliphatic heterocycles. The third-order valence-corrected chi connectivity index (χ3v) is 4.99. The van der Waals surface area contributed by atoms with E-state index in [0.29, 0.717) is 16.9 Å². The summed E-state index contributed by atoms with van der Waals surface area (Å²) in [5.41, 5.74) is 1.99. The van der Waals surface area contributed by atoms with E-state index < -0.39 is 10.0 Å². The molecule has 0 spiro atoms. The number of nitrogens with one attached hydrogen (secondary N) is 1. The highest BCUT2D eigenvalue weighted by Crippen LogP contribution is 2.23. The summed E-state index contributed by atoms with van der Waals surface area (Å²) < 4.78 is 22.9. The maximum absolute atomic E-state index is 11.4. The molecular weight excluding hydrogens is 328 g/mol. The molecule has 3 N–H and O–H groups in total. The minimum absolute atomic E-state index is 0.0471. The van der Waals surface area contributed by atoms with E-state index in [2.05, 4.69) is 24.8 Å². The number of aromatic amines is 1. The molecule has 3 heterocycles. The highest BCUT2D eigenvalue weighted by atomic mass is 32.2. The third-order valence-electron chi connectivity index (χ3n) is 4.08. The van der Waals surface area contributed by atoms with E-state index in [4.69, 9.17) is 5.14 Å². The van der Waals surface area contributed by atoms with Crippen molar-refractivity contribution in [2.45, 2.75) is 17.7 Å². The monoisotopic (exact) mass is 344 g/mol. The first-order chi connectivity index (χ1) is 11.5. The lowest BCUT2D eigenvalue weighted by atomic mass is 10.3. The molecule has 1 saturated heterocycles. The van der Waals surface area contributed by atoms with Crippen LogP contribution in [-0.2, 0) is 10.0 Å². The Morgan fingerprint density at radius 3 is 2.50 bits per heavy atom. The molecule has 0 bridgehead atoms. The maximum Gasteiger partial charge on any atom is 0.238 e. The van der Waals surface area contributed by atoms with E-state index in [-0.39, 0.29) is 4.90 Å². The van der Waals surface area contributed by atoms with Crippen molar-refractivity contribution in [2.75, 3.05) is 18.0 Å². The standard InChI is InChI=1S/C15H16N6O2S/c16-24(22,23)11-3-4-12-13(7-11)20-14(19-12)10-8-17-15(18-9-10)21-5-1-2-6-21/h3-4,7-9H,1-2,5-6H2,(H,19,20)(H2,16,22,23). The Labute approximate surface area is 138 Å². The van der Waals surface area contributed by atoms with Crippen molar-refractivity contribution in [3.63, 3.8) is 0 Å². The Morgan fingerprint density at radius 1 is 1.12 bits per heavy atom. The number of nitrogens with two attached hydrogens (primary N) is 1. The van der Waals surface area contributed by atoms with E-state index in [1.807, 2.05) is 0 Å². The average molecular weight is 344 g/mol. The first-order valence-electron chi connectivity index (χ1n) is 7.61. The van der Waals surface area contributed by atoms with Gasteiger partial charge in [-0.25, -0.2) is 28.5 Å². The second-order valence-electron chi connectivity index (χ2n) is 5.78. The van der Waals surface area contributed by atoms with Gasteiger partial charge in [-0.15, -0.1) is 0 Å². The van der Waals surface area contributed by atoms with E-state index in [0.717, 1.165) is 24.6 Å². The molecule has 3 aromatic rings. The van der Waals surface area contributed by atoms with Gasteiger partial charge in [0, 0.05) is 25.5 Å². The molecule has 9 heteroatoms. The fourth-order valence-corrected chi connectivity index (χ4v) is 3.37. The summed E-state index contributed by atoms with van der Waals surface area (Å²) in [4.78, 5) is 18.5. The smallest absolute Gasteiger partial charge is 0.238 e. The number of sulfonamides is 1. The molecule has 2 aromatic heterocycles. The van der Waals surface area contributed by atoms with Crippen LogP contribution in [0.3, 0.4) is 0 Å². The molecule has 124 valence electrons. The number of hydrogen-bond acceptors (Lipinski definition) is 6. The first kappa shape index (κ1) is 15.0. The number of imidazole rings is 1. The summed E-state index contributed by atoms with van der Waals surface area (Å²) in [6, 6.07) is 4.53. The summed E-state index contributed by atoms with van der Waals surface area (Å²) in [7, 11) is -3.74. The van der Waals surface area contributed by atoms with Gasteiger partial charge in [-0.3, -0.25) is 0 Å². The van der Waals surface area contributed by atoms with Gasteiger partial charge < -0.3 is 9.88 Å². The Bertz CT molecular complexity index is 990. The van der Waals surface area contributed by atoms with Gasteiger partial charge in [-0.1, -0.05) is 0 Å². The van der Waals surface area contributed by atoms with Gasteiger partial charge in [0.05, 0.1) is 21.5 Å². The molecule has 0 atom stereocenters. The van der Waals surface area contributed by atoms with Crippen LogP contribution in [0.1, 0.15) is 12.8 Å². The van der Waals surface area contributed by atoms with Gasteiger partial charge in [0.15, 0.2) is 0 Å². The van der Waals surface area contributed by atoms with Crippen molar-refractivity contribution in [1.29, 1.82) is 0 Å². The van der Waals surface area contributed by atoms with E-state index in [1.54, 1.807) is 18.5 Å². The van der Waals surface area contributed by atoms with Gasteiger partial charge in [-0.2, -0.15) is 0 Å². The molecule has 4 rings (SSSR count). The van der Waals surface area contributed by atoms with Crippen molar-refractivity contribution in [3.8, 4) is 11.4 Å². The highest BCUT2D eigenvalue weighted by molar-refractivity contribution is 7.89. The zero-order valence-electron chi connectivity index (χ0n) is 12.8. The SMILES string of the molecule is NS(=O)(=O)c1ccc2nc(-c3cnc(N4CCCC4)nc3)[nH]c2c1. The zero-order valence-corrected chi connectivity index (χ0v) is 13.6. The quantitative estimate of drug-likeness (QED) is 0.739. The van der Waals surface area contributed by atoms with Gasteiger partial charge in [0.2, 0.25) is 16.0 Å².